The Bertz CT molecular complexity index is 2170. The van der Waals surface area contributed by atoms with Crippen molar-refractivity contribution in [2.45, 2.75) is 129 Å². The van der Waals surface area contributed by atoms with Crippen molar-refractivity contribution >= 4 is 312 Å². The summed E-state index contributed by atoms with van der Waals surface area (Å²) in [7, 11) is 1.78. The maximum Gasteiger partial charge on any atom is 1.00 e. The molecule has 105 heavy (non-hydrogen) atoms. The van der Waals surface area contributed by atoms with E-state index in [1.807, 2.05) is 6.92 Å². The molecule has 0 aromatic rings. The second-order valence-electron chi connectivity index (χ2n) is 20.4. The first-order valence-corrected chi connectivity index (χ1v) is 36.9. The van der Waals surface area contributed by atoms with Crippen molar-refractivity contribution in [3.8, 4) is 0 Å². The van der Waals surface area contributed by atoms with Crippen molar-refractivity contribution in [2.75, 3.05) is 158 Å². The van der Waals surface area contributed by atoms with E-state index in [9.17, 15) is 19.2 Å². The molecule has 0 saturated heterocycles. The van der Waals surface area contributed by atoms with Gasteiger partial charge in [0.25, 0.3) is 0 Å². The maximum atomic E-state index is 12.8. The molecule has 19 nitrogen and oxygen atoms in total. The summed E-state index contributed by atoms with van der Waals surface area (Å²) in [5.41, 5.74) is 6.79. The largest absolute Gasteiger partial charge is 1.00 e. The van der Waals surface area contributed by atoms with Crippen LogP contribution in [-0.4, -0.2) is 250 Å². The zero-order valence-corrected chi connectivity index (χ0v) is 95.5. The van der Waals surface area contributed by atoms with E-state index in [-0.39, 0.29) is 400 Å². The number of nitrogens with zero attached hydrogens (tertiary/aromatic N) is 4. The summed E-state index contributed by atoms with van der Waals surface area (Å²) >= 11 is 72.9. The molecule has 0 aromatic heterocycles. The van der Waals surface area contributed by atoms with Gasteiger partial charge in [-0.05, 0) is 95.9 Å². The van der Waals surface area contributed by atoms with E-state index in [4.69, 9.17) is 174 Å². The van der Waals surface area contributed by atoms with Gasteiger partial charge >= 0.3 is 260 Å². The Balaban J connectivity index is -0.000000190. The zero-order chi connectivity index (χ0) is 70.2. The average molecular weight is 1890 g/mol. The molecule has 0 fully saturated rings. The van der Waals surface area contributed by atoms with E-state index in [0.29, 0.717) is 82.4 Å². The van der Waals surface area contributed by atoms with Crippen LogP contribution in [0.4, 0.5) is 0 Å². The van der Waals surface area contributed by atoms with Crippen LogP contribution in [0.1, 0.15) is 129 Å². The van der Waals surface area contributed by atoms with Gasteiger partial charge in [0.15, 0.2) is 0 Å². The van der Waals surface area contributed by atoms with Crippen LogP contribution in [0.2, 0.25) is 0 Å². The summed E-state index contributed by atoms with van der Waals surface area (Å²) in [5.74, 6) is -1.37. The topological polar surface area (TPSA) is 191 Å². The van der Waals surface area contributed by atoms with E-state index in [1.54, 1.807) is 26.6 Å². The summed E-state index contributed by atoms with van der Waals surface area (Å²) in [6.07, 6.45) is 13.2. The number of unbranched alkanes of at least 4 members (excludes halogenated alkanes) is 7. The minimum Gasteiger partial charge on any atom is -0.813 e. The molecule has 0 radical (unpaired) electrons. The molecule has 568 valence electrons. The second-order valence-corrected chi connectivity index (χ2v) is 27.2. The number of ether oxygens (including phenoxy) is 8. The quantitative estimate of drug-likeness (QED) is 0.00517. The van der Waals surface area contributed by atoms with Gasteiger partial charge in [0.2, 0.25) is 0 Å². The minimum atomic E-state index is -1.01. The van der Waals surface area contributed by atoms with Crippen LogP contribution in [0, 0.1) is 5.41 Å². The molecular formula is C59H99N7Na8O12S19-4. The van der Waals surface area contributed by atoms with Gasteiger partial charge in [0.05, 0.1) is 88.9 Å². The fourth-order valence-electron chi connectivity index (χ4n) is 7.32. The van der Waals surface area contributed by atoms with Gasteiger partial charge in [0.1, 0.15) is 26.4 Å². The van der Waals surface area contributed by atoms with Gasteiger partial charge in [-0.3, -0.25) is 19.2 Å². The number of hydrogen-bond donors (Lipinski definition) is 4. The van der Waals surface area contributed by atoms with Crippen LogP contribution in [0.25, 0.3) is 0 Å². The first-order valence-electron chi connectivity index (χ1n) is 30.6. The van der Waals surface area contributed by atoms with Gasteiger partial charge in [0, 0.05) is 45.5 Å². The summed E-state index contributed by atoms with van der Waals surface area (Å²) in [5, 5.41) is 11.3. The van der Waals surface area contributed by atoms with Crippen molar-refractivity contribution < 1.29 is 294 Å². The Morgan fingerprint density at radius 3 is 1.19 bits per heavy atom. The predicted octanol–water partition coefficient (Wildman–Crippen LogP) is -16.8. The summed E-state index contributed by atoms with van der Waals surface area (Å²) < 4.78 is 47.8. The Hall–Kier alpha value is 7.85. The number of nitrogens with one attached hydrogen (secondary N) is 3. The van der Waals surface area contributed by atoms with Crippen LogP contribution in [-0.2, 0) is 162 Å². The minimum absolute atomic E-state index is 0. The molecule has 46 heteroatoms. The number of carbonyl (C=O) groups is 4. The third-order valence-corrected chi connectivity index (χ3v) is 16.0. The fraction of sp³-hybridized carbons (Fsp3) is 0.763. The molecule has 0 aliphatic rings. The Morgan fingerprint density at radius 2 is 0.838 bits per heavy atom. The van der Waals surface area contributed by atoms with Crippen LogP contribution < -0.4 is 252 Å². The molecule has 1 unspecified atom stereocenters. The molecule has 0 spiro atoms. The summed E-state index contributed by atoms with van der Waals surface area (Å²) in [6, 6.07) is 0. The van der Waals surface area contributed by atoms with Crippen molar-refractivity contribution in [2.24, 2.45) is 5.41 Å². The number of thiocarbonyl (C=S) groups is 10. The number of carbonyl (C=O) groups excluding carboxylic acids is 4. The molecule has 0 aromatic carbocycles. The maximum absolute atomic E-state index is 12.8. The number of rotatable bonds is 60. The Morgan fingerprint density at radius 1 is 0.457 bits per heavy atom. The van der Waals surface area contributed by atoms with Crippen LogP contribution in [0.15, 0.2) is 0 Å². The third kappa shape index (κ3) is 108. The normalized spacial score (nSPS) is 9.75. The van der Waals surface area contributed by atoms with E-state index in [2.05, 4.69) is 94.4 Å². The first kappa shape index (κ1) is 147. The van der Waals surface area contributed by atoms with Crippen molar-refractivity contribution in [3.63, 3.8) is 0 Å². The Kier molecular flexibility index (Phi) is 154. The van der Waals surface area contributed by atoms with Crippen LogP contribution >= 0.6 is 135 Å². The summed E-state index contributed by atoms with van der Waals surface area (Å²) in [4.78, 5) is 59.4. The molecule has 3 N–H and O–H groups in total. The number of hydrogen-bond acceptors (Lipinski definition) is 31. The molecule has 0 rings (SSSR count). The molecular weight excluding hydrogens is 1790 g/mol. The van der Waals surface area contributed by atoms with E-state index in [0.717, 1.165) is 95.0 Å². The molecule has 0 aliphatic heterocycles. The molecule has 0 heterocycles. The third-order valence-electron chi connectivity index (χ3n) is 12.4. The van der Waals surface area contributed by atoms with Crippen molar-refractivity contribution in [1.29, 1.82) is 0 Å². The van der Waals surface area contributed by atoms with Gasteiger partial charge in [-0.1, -0.05) is 76.4 Å². The van der Waals surface area contributed by atoms with Crippen LogP contribution in [0.5, 0.6) is 0 Å². The molecule has 0 bridgehead atoms. The second kappa shape index (κ2) is 110. The van der Waals surface area contributed by atoms with Crippen LogP contribution in [0.3, 0.4) is 0 Å². The van der Waals surface area contributed by atoms with E-state index in [1.165, 1.54) is 6.42 Å². The number of esters is 4. The van der Waals surface area contributed by atoms with Gasteiger partial charge in [-0.2, -0.15) is 23.2 Å². The molecule has 0 amide bonds. The smallest absolute Gasteiger partial charge is 0.813 e. The number of thiol groups is 5. The molecule has 1 atom stereocenters. The van der Waals surface area contributed by atoms with Crippen molar-refractivity contribution in [3.05, 3.63) is 0 Å². The van der Waals surface area contributed by atoms with E-state index < -0.39 is 29.3 Å². The van der Waals surface area contributed by atoms with Gasteiger partial charge < -0.3 is 298 Å². The zero-order valence-electron chi connectivity index (χ0n) is 63.6. The van der Waals surface area contributed by atoms with E-state index >= 15 is 0 Å². The Labute approximate surface area is 917 Å². The fourth-order valence-corrected chi connectivity index (χ4v) is 9.47. The molecule has 0 aliphatic carbocycles. The SMILES string of the molecule is CC(=S)CCCN[C-]=S.CCCCNC(=S)[S-].CN(CCC(=O)OCCOCC(COCCOC(=O)CCN([C-]=S)CCCCC[C-]=S)(COCCOC(=O)CCN([C-]=S)CCCCNC(=S)[S-])COCCOC(=O)CCN(CCCCCC(=S)[S-])C(=S)[S-])C(=S)CS.[Na+].[Na+].[Na+].[Na+].[Na+].[Na+].[Na+].[Na+].[SH-].[SH-].[SH-].[SH-]. The first-order chi connectivity index (χ1) is 44.5. The standard InChI is InChI=1S/C48H78N5O12S11.C6H10NS2.C5H11NS2.8Na.4H2S/c1-50(40(70)33-67)20-12-41(54)62-28-24-58-34-48(35-59-25-29-63-42(55)13-21-51(38-68)17-7-2-3-10-32-66,36-60-26-30-64-43(56)14-22-52(39-69)18-9-6-16-49-46(73)74)37-61-27-31-65-44(57)15-23-53(47(75)76)19-8-4-5-11-45(71)72;1-6(9)3-2-4-7-5-8;1-2-3-4-6-5(7)8;;;;;;;;;;;;/h67H,2-31,33-37H2,1H3,(H,71,72)(H,75,76)(H2,49,73,74);2-4H2,1H3,(H,7,8);2-4H2,1H3,(H2,6,7,8);;;;;;;;;4*1H2/q-3;-1;;8*+1;;;;/p-8. The van der Waals surface area contributed by atoms with Gasteiger partial charge in [-0.15, -0.1) is 0 Å². The van der Waals surface area contributed by atoms with Crippen molar-refractivity contribution in [1.82, 2.24) is 35.6 Å². The monoisotopic (exact) mass is 1890 g/mol. The predicted molar refractivity (Wildman–Crippen MR) is 460 cm³/mol. The van der Waals surface area contributed by atoms with Gasteiger partial charge in [-0.25, -0.2) is 0 Å². The summed E-state index contributed by atoms with van der Waals surface area (Å²) in [6.45, 7) is 9.65. The molecule has 0 saturated carbocycles. The average Bonchev–Trinajstić information content (AvgIpc) is 0.870.